The van der Waals surface area contributed by atoms with E-state index >= 15 is 0 Å². The number of aromatic nitrogens is 4. The van der Waals surface area contributed by atoms with E-state index in [1.54, 1.807) is 0 Å². The molecule has 0 aliphatic rings. The van der Waals surface area contributed by atoms with E-state index in [1.807, 2.05) is 30.5 Å². The molecular weight excluding hydrogens is 260 g/mol. The third-order valence-electron chi connectivity index (χ3n) is 3.04. The first-order valence-corrected chi connectivity index (χ1v) is 6.40. The molecule has 0 saturated carbocycles. The average molecular weight is 273 g/mol. The molecule has 5 heteroatoms. The van der Waals surface area contributed by atoms with Gasteiger partial charge in [0.1, 0.15) is 17.2 Å². The summed E-state index contributed by atoms with van der Waals surface area (Å²) in [4.78, 5) is 13.0. The van der Waals surface area contributed by atoms with Crippen LogP contribution in [0.3, 0.4) is 0 Å². The van der Waals surface area contributed by atoms with E-state index < -0.39 is 0 Å². The number of rotatable bonds is 1. The predicted octanol–water partition coefficient (Wildman–Crippen LogP) is 3.39. The average Bonchev–Trinajstić information content (AvgIpc) is 2.66. The maximum absolute atomic E-state index is 6.25. The van der Waals surface area contributed by atoms with Crippen LogP contribution in [0.4, 0.5) is 0 Å². The van der Waals surface area contributed by atoms with Crippen LogP contribution in [0.25, 0.3) is 16.9 Å². The second kappa shape index (κ2) is 4.31. The molecule has 19 heavy (non-hydrogen) atoms. The van der Waals surface area contributed by atoms with Gasteiger partial charge < -0.3 is 0 Å². The molecule has 96 valence electrons. The molecule has 0 bridgehead atoms. The Morgan fingerprint density at radius 2 is 1.63 bits per heavy atom. The molecule has 3 rings (SSSR count). The van der Waals surface area contributed by atoms with Gasteiger partial charge in [-0.25, -0.2) is 15.0 Å². The van der Waals surface area contributed by atoms with Crippen molar-refractivity contribution >= 4 is 22.8 Å². The van der Waals surface area contributed by atoms with Crippen molar-refractivity contribution in [3.05, 3.63) is 46.6 Å². The number of aryl methyl sites for hydroxylation is 3. The number of imidazole rings is 1. The molecule has 3 aromatic rings. The Balaban J connectivity index is 2.34. The zero-order valence-electron chi connectivity index (χ0n) is 11.0. The SMILES string of the molecule is Cc1ccc(-n2c(C)nc3nc(C)nc(Cl)c32)cc1. The van der Waals surface area contributed by atoms with Crippen LogP contribution in [-0.2, 0) is 0 Å². The van der Waals surface area contributed by atoms with Crippen LogP contribution in [0.5, 0.6) is 0 Å². The monoisotopic (exact) mass is 272 g/mol. The summed E-state index contributed by atoms with van der Waals surface area (Å²) < 4.78 is 1.98. The molecule has 0 radical (unpaired) electrons. The zero-order valence-corrected chi connectivity index (χ0v) is 11.7. The van der Waals surface area contributed by atoms with Gasteiger partial charge in [-0.05, 0) is 32.9 Å². The molecule has 0 saturated heterocycles. The Morgan fingerprint density at radius 3 is 2.32 bits per heavy atom. The first kappa shape index (κ1) is 12.1. The van der Waals surface area contributed by atoms with Gasteiger partial charge in [0.15, 0.2) is 10.8 Å². The first-order chi connectivity index (χ1) is 9.06. The van der Waals surface area contributed by atoms with Gasteiger partial charge >= 0.3 is 0 Å². The van der Waals surface area contributed by atoms with Crippen LogP contribution in [-0.4, -0.2) is 19.5 Å². The number of nitrogens with zero attached hydrogens (tertiary/aromatic N) is 4. The maximum atomic E-state index is 6.25. The maximum Gasteiger partial charge on any atom is 0.183 e. The molecule has 0 spiro atoms. The van der Waals surface area contributed by atoms with Crippen molar-refractivity contribution in [1.82, 2.24) is 19.5 Å². The second-order valence-electron chi connectivity index (χ2n) is 4.56. The molecule has 0 unspecified atom stereocenters. The van der Waals surface area contributed by atoms with E-state index in [0.29, 0.717) is 16.6 Å². The van der Waals surface area contributed by atoms with Crippen LogP contribution in [0.1, 0.15) is 17.2 Å². The molecule has 0 fully saturated rings. The smallest absolute Gasteiger partial charge is 0.183 e. The molecule has 0 atom stereocenters. The van der Waals surface area contributed by atoms with E-state index in [-0.39, 0.29) is 0 Å². The molecule has 2 aromatic heterocycles. The van der Waals surface area contributed by atoms with Crippen LogP contribution < -0.4 is 0 Å². The Morgan fingerprint density at radius 1 is 0.947 bits per heavy atom. The van der Waals surface area contributed by atoms with Gasteiger partial charge in [-0.2, -0.15) is 0 Å². The quantitative estimate of drug-likeness (QED) is 0.638. The number of halogens is 1. The van der Waals surface area contributed by atoms with E-state index in [9.17, 15) is 0 Å². The molecule has 0 aliphatic heterocycles. The van der Waals surface area contributed by atoms with Crippen molar-refractivity contribution in [3.63, 3.8) is 0 Å². The fourth-order valence-electron chi connectivity index (χ4n) is 2.16. The van der Waals surface area contributed by atoms with E-state index in [4.69, 9.17) is 11.6 Å². The Hall–Kier alpha value is -1.94. The summed E-state index contributed by atoms with van der Waals surface area (Å²) in [5.41, 5.74) is 3.62. The fraction of sp³-hybridized carbons (Fsp3) is 0.214. The van der Waals surface area contributed by atoms with Crippen molar-refractivity contribution in [1.29, 1.82) is 0 Å². The Kier molecular flexibility index (Phi) is 2.75. The Labute approximate surface area is 116 Å². The molecular formula is C14H13ClN4. The largest absolute Gasteiger partial charge is 0.292 e. The highest BCUT2D eigenvalue weighted by molar-refractivity contribution is 6.33. The van der Waals surface area contributed by atoms with E-state index in [1.165, 1.54) is 5.56 Å². The van der Waals surface area contributed by atoms with Crippen molar-refractivity contribution in [2.24, 2.45) is 0 Å². The van der Waals surface area contributed by atoms with Crippen molar-refractivity contribution in [3.8, 4) is 5.69 Å². The molecule has 2 heterocycles. The van der Waals surface area contributed by atoms with Crippen LogP contribution in [0.15, 0.2) is 24.3 Å². The number of hydrogen-bond acceptors (Lipinski definition) is 3. The van der Waals surface area contributed by atoms with Gasteiger partial charge in [-0.3, -0.25) is 4.57 Å². The minimum Gasteiger partial charge on any atom is -0.292 e. The minimum absolute atomic E-state index is 0.434. The van der Waals surface area contributed by atoms with Gasteiger partial charge in [0.05, 0.1) is 0 Å². The predicted molar refractivity (Wildman–Crippen MR) is 75.9 cm³/mol. The molecule has 0 aliphatic carbocycles. The molecule has 1 aromatic carbocycles. The summed E-state index contributed by atoms with van der Waals surface area (Å²) in [5, 5.41) is 0.434. The van der Waals surface area contributed by atoms with Gasteiger partial charge in [0.25, 0.3) is 0 Å². The van der Waals surface area contributed by atoms with Gasteiger partial charge in [0, 0.05) is 5.69 Å². The lowest BCUT2D eigenvalue weighted by molar-refractivity contribution is 0.997. The summed E-state index contributed by atoms with van der Waals surface area (Å²) in [7, 11) is 0. The lowest BCUT2D eigenvalue weighted by Crippen LogP contribution is -1.98. The lowest BCUT2D eigenvalue weighted by atomic mass is 10.2. The fourth-order valence-corrected chi connectivity index (χ4v) is 2.45. The third-order valence-corrected chi connectivity index (χ3v) is 3.31. The lowest BCUT2D eigenvalue weighted by Gasteiger charge is -2.07. The van der Waals surface area contributed by atoms with Crippen molar-refractivity contribution in [2.75, 3.05) is 0 Å². The van der Waals surface area contributed by atoms with Gasteiger partial charge in [-0.15, -0.1) is 0 Å². The topological polar surface area (TPSA) is 43.6 Å². The summed E-state index contributed by atoms with van der Waals surface area (Å²) >= 11 is 6.25. The summed E-state index contributed by atoms with van der Waals surface area (Å²) in [6.07, 6.45) is 0. The van der Waals surface area contributed by atoms with E-state index in [2.05, 4.69) is 34.0 Å². The van der Waals surface area contributed by atoms with Crippen LogP contribution in [0.2, 0.25) is 5.15 Å². The highest BCUT2D eigenvalue weighted by Crippen LogP contribution is 2.25. The standard InChI is InChI=1S/C14H13ClN4/c1-8-4-6-11(7-5-8)19-10(3)18-14-12(19)13(15)16-9(2)17-14/h4-7H,1-3H3. The first-order valence-electron chi connectivity index (χ1n) is 6.02. The molecule has 0 amide bonds. The minimum atomic E-state index is 0.434. The Bertz CT molecular complexity index is 759. The highest BCUT2D eigenvalue weighted by atomic mass is 35.5. The van der Waals surface area contributed by atoms with Gasteiger partial charge in [-0.1, -0.05) is 29.3 Å². The molecule has 4 nitrogen and oxygen atoms in total. The number of fused-ring (bicyclic) bond motifs is 1. The van der Waals surface area contributed by atoms with Crippen molar-refractivity contribution in [2.45, 2.75) is 20.8 Å². The summed E-state index contributed by atoms with van der Waals surface area (Å²) in [6.45, 7) is 5.81. The highest BCUT2D eigenvalue weighted by Gasteiger charge is 2.15. The second-order valence-corrected chi connectivity index (χ2v) is 4.92. The number of hydrogen-bond donors (Lipinski definition) is 0. The van der Waals surface area contributed by atoms with E-state index in [0.717, 1.165) is 17.0 Å². The summed E-state index contributed by atoms with van der Waals surface area (Å²) in [6, 6.07) is 8.20. The van der Waals surface area contributed by atoms with Gasteiger partial charge in [0.2, 0.25) is 0 Å². The zero-order chi connectivity index (χ0) is 13.6. The van der Waals surface area contributed by atoms with Crippen LogP contribution in [0, 0.1) is 20.8 Å². The third kappa shape index (κ3) is 1.98. The summed E-state index contributed by atoms with van der Waals surface area (Å²) in [5.74, 6) is 1.48. The normalized spacial score (nSPS) is 11.2. The number of benzene rings is 1. The van der Waals surface area contributed by atoms with Crippen molar-refractivity contribution < 1.29 is 0 Å². The van der Waals surface area contributed by atoms with Crippen LogP contribution >= 0.6 is 11.6 Å². The molecule has 0 N–H and O–H groups in total.